The summed E-state index contributed by atoms with van der Waals surface area (Å²) in [6.45, 7) is 0.361. The molecule has 2 aromatic rings. The summed E-state index contributed by atoms with van der Waals surface area (Å²) in [7, 11) is 3.12. The highest BCUT2D eigenvalue weighted by Crippen LogP contribution is 2.35. The van der Waals surface area contributed by atoms with Crippen LogP contribution in [-0.2, 0) is 6.54 Å². The highest BCUT2D eigenvalue weighted by Gasteiger charge is 2.12. The van der Waals surface area contributed by atoms with E-state index in [9.17, 15) is 4.39 Å². The van der Waals surface area contributed by atoms with Crippen molar-refractivity contribution in [3.05, 3.63) is 47.8 Å². The molecule has 0 aliphatic carbocycles. The second kappa shape index (κ2) is 5.71. The van der Waals surface area contributed by atoms with E-state index in [0.29, 0.717) is 29.2 Å². The van der Waals surface area contributed by atoms with Gasteiger partial charge in [-0.2, -0.15) is 0 Å². The molecule has 2 N–H and O–H groups in total. The van der Waals surface area contributed by atoms with Crippen LogP contribution in [-0.4, -0.2) is 14.2 Å². The van der Waals surface area contributed by atoms with Crippen molar-refractivity contribution in [3.8, 4) is 22.6 Å². The van der Waals surface area contributed by atoms with Gasteiger partial charge in [0.05, 0.1) is 14.2 Å². The zero-order valence-electron chi connectivity index (χ0n) is 10.9. The van der Waals surface area contributed by atoms with Crippen LogP contribution < -0.4 is 15.2 Å². The first-order valence-electron chi connectivity index (χ1n) is 5.90. The van der Waals surface area contributed by atoms with Crippen molar-refractivity contribution in [2.24, 2.45) is 5.73 Å². The average molecular weight is 261 g/mol. The van der Waals surface area contributed by atoms with Gasteiger partial charge in [-0.3, -0.25) is 0 Å². The Labute approximate surface area is 111 Å². The molecule has 0 atom stereocenters. The number of ether oxygens (including phenoxy) is 2. The normalized spacial score (nSPS) is 10.3. The van der Waals surface area contributed by atoms with Crippen LogP contribution >= 0.6 is 0 Å². The average Bonchev–Trinajstić information content (AvgIpc) is 2.47. The lowest BCUT2D eigenvalue weighted by Gasteiger charge is -2.12. The summed E-state index contributed by atoms with van der Waals surface area (Å²) in [4.78, 5) is 0. The van der Waals surface area contributed by atoms with Gasteiger partial charge in [-0.1, -0.05) is 6.07 Å². The van der Waals surface area contributed by atoms with Crippen LogP contribution in [0.25, 0.3) is 11.1 Å². The summed E-state index contributed by atoms with van der Waals surface area (Å²) in [5.41, 5.74) is 7.56. The quantitative estimate of drug-likeness (QED) is 0.920. The van der Waals surface area contributed by atoms with Gasteiger partial charge in [0.2, 0.25) is 0 Å². The molecular formula is C15H16FNO2. The van der Waals surface area contributed by atoms with Crippen molar-refractivity contribution >= 4 is 0 Å². The summed E-state index contributed by atoms with van der Waals surface area (Å²) in [6, 6.07) is 10.1. The number of rotatable bonds is 4. The van der Waals surface area contributed by atoms with Crippen molar-refractivity contribution in [1.82, 2.24) is 0 Å². The molecule has 19 heavy (non-hydrogen) atoms. The highest BCUT2D eigenvalue weighted by atomic mass is 19.1. The number of hydrogen-bond acceptors (Lipinski definition) is 3. The number of nitrogens with two attached hydrogens (primary N) is 1. The Hall–Kier alpha value is -2.07. The third kappa shape index (κ3) is 2.69. The Morgan fingerprint density at radius 3 is 2.42 bits per heavy atom. The van der Waals surface area contributed by atoms with E-state index >= 15 is 0 Å². The molecule has 0 radical (unpaired) electrons. The summed E-state index contributed by atoms with van der Waals surface area (Å²) in [5.74, 6) is 0.922. The fourth-order valence-electron chi connectivity index (χ4n) is 1.93. The Kier molecular flexibility index (Phi) is 4.02. The standard InChI is InChI=1S/C15H16FNO2/c1-18-11-4-6-15(19-2)13(8-11)12-7-10(9-17)3-5-14(12)16/h3-8H,9,17H2,1-2H3. The van der Waals surface area contributed by atoms with Gasteiger partial charge in [0.1, 0.15) is 17.3 Å². The van der Waals surface area contributed by atoms with E-state index < -0.39 is 0 Å². The Bertz CT molecular complexity index is 584. The van der Waals surface area contributed by atoms with Gasteiger partial charge in [-0.25, -0.2) is 4.39 Å². The third-order valence-corrected chi connectivity index (χ3v) is 2.96. The molecule has 2 rings (SSSR count). The molecule has 4 heteroatoms. The molecule has 0 bridgehead atoms. The molecule has 0 spiro atoms. The van der Waals surface area contributed by atoms with E-state index in [2.05, 4.69) is 0 Å². The minimum absolute atomic E-state index is 0.316. The van der Waals surface area contributed by atoms with Crippen LogP contribution in [0.15, 0.2) is 36.4 Å². The van der Waals surface area contributed by atoms with Crippen LogP contribution in [0.4, 0.5) is 4.39 Å². The molecule has 0 aromatic heterocycles. The summed E-state index contributed by atoms with van der Waals surface area (Å²) < 4.78 is 24.5. The van der Waals surface area contributed by atoms with Crippen molar-refractivity contribution in [2.75, 3.05) is 14.2 Å². The largest absolute Gasteiger partial charge is 0.497 e. The maximum Gasteiger partial charge on any atom is 0.131 e. The second-order valence-corrected chi connectivity index (χ2v) is 4.08. The number of benzene rings is 2. The predicted octanol–water partition coefficient (Wildman–Crippen LogP) is 2.97. The predicted molar refractivity (Wildman–Crippen MR) is 72.8 cm³/mol. The number of hydrogen-bond donors (Lipinski definition) is 1. The Morgan fingerprint density at radius 1 is 1.00 bits per heavy atom. The zero-order valence-corrected chi connectivity index (χ0v) is 10.9. The summed E-state index contributed by atoms with van der Waals surface area (Å²) >= 11 is 0. The van der Waals surface area contributed by atoms with Crippen molar-refractivity contribution in [2.45, 2.75) is 6.54 Å². The Morgan fingerprint density at radius 2 is 1.79 bits per heavy atom. The minimum Gasteiger partial charge on any atom is -0.497 e. The first kappa shape index (κ1) is 13.4. The fraction of sp³-hybridized carbons (Fsp3) is 0.200. The van der Waals surface area contributed by atoms with E-state index in [-0.39, 0.29) is 5.82 Å². The van der Waals surface area contributed by atoms with Gasteiger partial charge in [0, 0.05) is 17.7 Å². The second-order valence-electron chi connectivity index (χ2n) is 4.08. The number of halogens is 1. The molecule has 0 heterocycles. The smallest absolute Gasteiger partial charge is 0.131 e. The molecule has 100 valence electrons. The van der Waals surface area contributed by atoms with Gasteiger partial charge in [-0.15, -0.1) is 0 Å². The van der Waals surface area contributed by atoms with Gasteiger partial charge in [0.15, 0.2) is 0 Å². The first-order valence-corrected chi connectivity index (χ1v) is 5.90. The molecule has 0 amide bonds. The number of methoxy groups -OCH3 is 2. The fourth-order valence-corrected chi connectivity index (χ4v) is 1.93. The molecule has 0 saturated heterocycles. The molecule has 0 aliphatic rings. The van der Waals surface area contributed by atoms with Crippen molar-refractivity contribution < 1.29 is 13.9 Å². The van der Waals surface area contributed by atoms with Gasteiger partial charge >= 0.3 is 0 Å². The maximum atomic E-state index is 14.0. The van der Waals surface area contributed by atoms with E-state index in [1.54, 1.807) is 44.6 Å². The Balaban J connectivity index is 2.62. The minimum atomic E-state index is -0.316. The van der Waals surface area contributed by atoms with E-state index in [1.807, 2.05) is 0 Å². The topological polar surface area (TPSA) is 44.5 Å². The molecule has 0 fully saturated rings. The zero-order chi connectivity index (χ0) is 13.8. The summed E-state index contributed by atoms with van der Waals surface area (Å²) in [6.07, 6.45) is 0. The van der Waals surface area contributed by atoms with Crippen LogP contribution in [0.5, 0.6) is 11.5 Å². The summed E-state index contributed by atoms with van der Waals surface area (Å²) in [5, 5.41) is 0. The van der Waals surface area contributed by atoms with Gasteiger partial charge in [-0.05, 0) is 35.9 Å². The van der Waals surface area contributed by atoms with E-state index in [4.69, 9.17) is 15.2 Å². The molecule has 2 aromatic carbocycles. The third-order valence-electron chi connectivity index (χ3n) is 2.96. The SMILES string of the molecule is COc1ccc(OC)c(-c2cc(CN)ccc2F)c1. The molecule has 0 saturated carbocycles. The van der Waals surface area contributed by atoms with Gasteiger partial charge < -0.3 is 15.2 Å². The molecule has 0 unspecified atom stereocenters. The van der Waals surface area contributed by atoms with Crippen LogP contribution in [0.2, 0.25) is 0 Å². The van der Waals surface area contributed by atoms with Gasteiger partial charge in [0.25, 0.3) is 0 Å². The maximum absolute atomic E-state index is 14.0. The van der Waals surface area contributed by atoms with E-state index in [0.717, 1.165) is 5.56 Å². The lowest BCUT2D eigenvalue weighted by atomic mass is 10.0. The monoisotopic (exact) mass is 261 g/mol. The highest BCUT2D eigenvalue weighted by molar-refractivity contribution is 5.73. The van der Waals surface area contributed by atoms with Crippen LogP contribution in [0.3, 0.4) is 0 Å². The van der Waals surface area contributed by atoms with E-state index in [1.165, 1.54) is 6.07 Å². The van der Waals surface area contributed by atoms with Crippen molar-refractivity contribution in [1.29, 1.82) is 0 Å². The lowest BCUT2D eigenvalue weighted by molar-refractivity contribution is 0.404. The molecule has 0 aliphatic heterocycles. The molecule has 3 nitrogen and oxygen atoms in total. The van der Waals surface area contributed by atoms with Crippen molar-refractivity contribution in [3.63, 3.8) is 0 Å². The van der Waals surface area contributed by atoms with Crippen LogP contribution in [0, 0.1) is 5.82 Å². The first-order chi connectivity index (χ1) is 9.19. The lowest BCUT2D eigenvalue weighted by Crippen LogP contribution is -1.98. The molecular weight excluding hydrogens is 245 g/mol. The van der Waals surface area contributed by atoms with Crippen LogP contribution in [0.1, 0.15) is 5.56 Å².